The monoisotopic (exact) mass is 304 g/mol. The van der Waals surface area contributed by atoms with Crippen molar-refractivity contribution >= 4 is 33.0 Å². The van der Waals surface area contributed by atoms with E-state index >= 15 is 0 Å². The Balaban J connectivity index is 2.22. The van der Waals surface area contributed by atoms with Gasteiger partial charge in [-0.3, -0.25) is 4.79 Å². The molecule has 0 aliphatic carbocycles. The van der Waals surface area contributed by atoms with Crippen LogP contribution in [0.2, 0.25) is 0 Å². The Morgan fingerprint density at radius 3 is 2.74 bits per heavy atom. The van der Waals surface area contributed by atoms with Crippen LogP contribution in [0.4, 0.5) is 5.69 Å². The third-order valence-electron chi connectivity index (χ3n) is 3.27. The number of sulfonamides is 1. The molecule has 0 radical (unpaired) electrons. The molecule has 1 fully saturated rings. The number of anilines is 1. The van der Waals surface area contributed by atoms with Crippen molar-refractivity contribution in [2.75, 3.05) is 25.9 Å². The summed E-state index contributed by atoms with van der Waals surface area (Å²) in [6, 6.07) is 1.44. The van der Waals surface area contributed by atoms with Gasteiger partial charge in [0.25, 0.3) is 10.0 Å². The zero-order valence-corrected chi connectivity index (χ0v) is 12.3. The zero-order valence-electron chi connectivity index (χ0n) is 10.7. The lowest BCUT2D eigenvalue weighted by atomic mass is 9.99. The Morgan fingerprint density at radius 1 is 1.53 bits per heavy atom. The second-order valence-electron chi connectivity index (χ2n) is 4.63. The van der Waals surface area contributed by atoms with E-state index in [0.29, 0.717) is 12.2 Å². The van der Waals surface area contributed by atoms with Crippen molar-refractivity contribution in [1.29, 1.82) is 0 Å². The van der Waals surface area contributed by atoms with Gasteiger partial charge in [0.15, 0.2) is 0 Å². The lowest BCUT2D eigenvalue weighted by Crippen LogP contribution is -2.29. The topological polar surface area (TPSA) is 89.7 Å². The number of esters is 1. The number of rotatable bonds is 3. The van der Waals surface area contributed by atoms with Crippen LogP contribution >= 0.6 is 11.3 Å². The molecule has 0 amide bonds. The molecule has 0 saturated carbocycles. The minimum Gasteiger partial charge on any atom is -0.469 e. The molecule has 6 nitrogen and oxygen atoms in total. The number of nitrogens with two attached hydrogens (primary N) is 1. The molecule has 1 aliphatic rings. The summed E-state index contributed by atoms with van der Waals surface area (Å²) in [6.07, 6.45) is 0. The van der Waals surface area contributed by atoms with Gasteiger partial charge in [-0.25, -0.2) is 8.42 Å². The lowest BCUT2D eigenvalue weighted by molar-refractivity contribution is -0.145. The highest BCUT2D eigenvalue weighted by Gasteiger charge is 2.41. The van der Waals surface area contributed by atoms with E-state index in [1.54, 1.807) is 5.38 Å². The summed E-state index contributed by atoms with van der Waals surface area (Å²) in [4.78, 5) is 11.6. The summed E-state index contributed by atoms with van der Waals surface area (Å²) in [5.74, 6) is -0.826. The molecule has 1 aromatic heterocycles. The molecule has 2 N–H and O–H groups in total. The fraction of sp³-hybridized carbons (Fsp3) is 0.545. The maximum absolute atomic E-state index is 12.4. The first-order chi connectivity index (χ1) is 8.86. The van der Waals surface area contributed by atoms with Crippen molar-refractivity contribution in [3.8, 4) is 0 Å². The van der Waals surface area contributed by atoms with Crippen molar-refractivity contribution in [3.05, 3.63) is 11.4 Å². The number of thiophene rings is 1. The number of hydrogen-bond donors (Lipinski definition) is 1. The second-order valence-corrected chi connectivity index (χ2v) is 7.70. The van der Waals surface area contributed by atoms with E-state index in [0.717, 1.165) is 11.3 Å². The SMILES string of the molecule is COC(=O)C1CN(S(=O)(=O)c2cc(N)cs2)CC1C. The van der Waals surface area contributed by atoms with Crippen LogP contribution in [0.1, 0.15) is 6.92 Å². The minimum absolute atomic E-state index is 0.0560. The van der Waals surface area contributed by atoms with Crippen LogP contribution < -0.4 is 5.73 Å². The largest absolute Gasteiger partial charge is 0.469 e. The molecule has 19 heavy (non-hydrogen) atoms. The molecule has 0 aromatic carbocycles. The third kappa shape index (κ3) is 2.60. The molecular weight excluding hydrogens is 288 g/mol. The molecule has 1 saturated heterocycles. The molecule has 2 unspecified atom stereocenters. The number of ether oxygens (including phenoxy) is 1. The van der Waals surface area contributed by atoms with Crippen molar-refractivity contribution < 1.29 is 17.9 Å². The standard InChI is InChI=1S/C11H16N2O4S2/c1-7-4-13(5-9(7)11(14)17-2)19(15,16)10-3-8(12)6-18-10/h3,6-7,9H,4-5,12H2,1-2H3. The Labute approximate surface area is 116 Å². The number of hydrogen-bond acceptors (Lipinski definition) is 6. The van der Waals surface area contributed by atoms with E-state index in [9.17, 15) is 13.2 Å². The van der Waals surface area contributed by atoms with E-state index in [2.05, 4.69) is 0 Å². The number of nitrogen functional groups attached to an aromatic ring is 1. The predicted octanol–water partition coefficient (Wildman–Crippen LogP) is 0.760. The van der Waals surface area contributed by atoms with Gasteiger partial charge in [-0.1, -0.05) is 6.92 Å². The summed E-state index contributed by atoms with van der Waals surface area (Å²) in [6.45, 7) is 2.33. The summed E-state index contributed by atoms with van der Waals surface area (Å²) in [5, 5.41) is 1.59. The quantitative estimate of drug-likeness (QED) is 0.833. The molecule has 2 rings (SSSR count). The Kier molecular flexibility index (Phi) is 3.84. The van der Waals surface area contributed by atoms with Crippen molar-refractivity contribution in [1.82, 2.24) is 4.31 Å². The summed E-state index contributed by atoms with van der Waals surface area (Å²) < 4.78 is 31.0. The maximum atomic E-state index is 12.4. The molecular formula is C11H16N2O4S2. The maximum Gasteiger partial charge on any atom is 0.310 e. The number of carbonyl (C=O) groups excluding carboxylic acids is 1. The highest BCUT2D eigenvalue weighted by molar-refractivity contribution is 7.91. The number of methoxy groups -OCH3 is 1. The third-order valence-corrected chi connectivity index (χ3v) is 6.54. The molecule has 2 atom stereocenters. The van der Waals surface area contributed by atoms with Crippen LogP contribution in [0.5, 0.6) is 0 Å². The molecule has 1 aliphatic heterocycles. The molecule has 0 spiro atoms. The first kappa shape index (κ1) is 14.3. The average Bonchev–Trinajstić information content (AvgIpc) is 2.95. The zero-order chi connectivity index (χ0) is 14.2. The molecule has 1 aromatic rings. The molecule has 106 valence electrons. The van der Waals surface area contributed by atoms with E-state index < -0.39 is 15.9 Å². The highest BCUT2D eigenvalue weighted by atomic mass is 32.2. The van der Waals surface area contributed by atoms with Gasteiger partial charge in [0.2, 0.25) is 0 Å². The van der Waals surface area contributed by atoms with Gasteiger partial charge >= 0.3 is 5.97 Å². The Bertz CT molecular complexity index is 581. The molecule has 0 bridgehead atoms. The Hall–Kier alpha value is -1.12. The summed E-state index contributed by atoms with van der Waals surface area (Å²) >= 11 is 1.09. The number of carbonyl (C=O) groups is 1. The minimum atomic E-state index is -3.56. The van der Waals surface area contributed by atoms with Gasteiger partial charge in [0.1, 0.15) is 4.21 Å². The van der Waals surface area contributed by atoms with E-state index in [4.69, 9.17) is 10.5 Å². The first-order valence-corrected chi connectivity index (χ1v) is 8.10. The van der Waals surface area contributed by atoms with E-state index in [1.165, 1.54) is 17.5 Å². The molecule has 2 heterocycles. The van der Waals surface area contributed by atoms with Crippen molar-refractivity contribution in [2.24, 2.45) is 11.8 Å². The van der Waals surface area contributed by atoms with E-state index in [-0.39, 0.29) is 22.6 Å². The first-order valence-electron chi connectivity index (χ1n) is 5.78. The van der Waals surface area contributed by atoms with Gasteiger partial charge < -0.3 is 10.5 Å². The number of nitrogens with zero attached hydrogens (tertiary/aromatic N) is 1. The molecule has 8 heteroatoms. The van der Waals surface area contributed by atoms with Gasteiger partial charge in [0, 0.05) is 24.2 Å². The fourth-order valence-corrected chi connectivity index (χ4v) is 4.97. The average molecular weight is 304 g/mol. The van der Waals surface area contributed by atoms with E-state index in [1.807, 2.05) is 6.92 Å². The van der Waals surface area contributed by atoms with Crippen molar-refractivity contribution in [3.63, 3.8) is 0 Å². The smallest absolute Gasteiger partial charge is 0.310 e. The van der Waals surface area contributed by atoms with Crippen LogP contribution in [0.3, 0.4) is 0 Å². The lowest BCUT2D eigenvalue weighted by Gasteiger charge is -2.14. The Morgan fingerprint density at radius 2 is 2.21 bits per heavy atom. The van der Waals surface area contributed by atoms with Crippen LogP contribution in [0, 0.1) is 11.8 Å². The van der Waals surface area contributed by atoms with Gasteiger partial charge in [-0.05, 0) is 12.0 Å². The van der Waals surface area contributed by atoms with Crippen LogP contribution in [0.25, 0.3) is 0 Å². The fourth-order valence-electron chi connectivity index (χ4n) is 2.17. The summed E-state index contributed by atoms with van der Waals surface area (Å²) in [7, 11) is -2.25. The van der Waals surface area contributed by atoms with Crippen LogP contribution in [0.15, 0.2) is 15.7 Å². The predicted molar refractivity (Wildman–Crippen MR) is 72.2 cm³/mol. The van der Waals surface area contributed by atoms with Gasteiger partial charge in [-0.15, -0.1) is 11.3 Å². The summed E-state index contributed by atoms with van der Waals surface area (Å²) in [5.41, 5.74) is 5.98. The van der Waals surface area contributed by atoms with Crippen LogP contribution in [-0.4, -0.2) is 38.9 Å². The van der Waals surface area contributed by atoms with Gasteiger partial charge in [-0.2, -0.15) is 4.31 Å². The van der Waals surface area contributed by atoms with Crippen LogP contribution in [-0.2, 0) is 19.6 Å². The normalized spacial score (nSPS) is 24.5. The van der Waals surface area contributed by atoms with Crippen molar-refractivity contribution in [2.45, 2.75) is 11.1 Å². The van der Waals surface area contributed by atoms with Gasteiger partial charge in [0.05, 0.1) is 13.0 Å². The highest BCUT2D eigenvalue weighted by Crippen LogP contribution is 2.32. The second kappa shape index (κ2) is 5.10.